The Bertz CT molecular complexity index is 481. The molecule has 1 rings (SSSR count). The van der Waals surface area contributed by atoms with Crippen molar-refractivity contribution >= 4 is 28.9 Å². The van der Waals surface area contributed by atoms with Gasteiger partial charge in [-0.3, -0.25) is 14.9 Å². The number of anilines is 1. The summed E-state index contributed by atoms with van der Waals surface area (Å²) in [7, 11) is 0. The number of amides is 1. The molecule has 0 radical (unpaired) electrons. The fraction of sp³-hybridized carbons (Fsp3) is 0.111. The van der Waals surface area contributed by atoms with Crippen LogP contribution in [0.2, 0.25) is 5.02 Å². The first-order valence-electron chi connectivity index (χ1n) is 4.16. The standard InChI is InChI=1S/C9H6ClN3O3/c10-6-2-1-3-7(13(15)16)9(6)12-8(14)4-5-11/h1-3H,4H2,(H,12,14). The van der Waals surface area contributed by atoms with Crippen molar-refractivity contribution in [3.05, 3.63) is 33.3 Å². The lowest BCUT2D eigenvalue weighted by Gasteiger charge is -2.05. The van der Waals surface area contributed by atoms with Crippen LogP contribution in [-0.2, 0) is 4.79 Å². The highest BCUT2D eigenvalue weighted by atomic mass is 35.5. The van der Waals surface area contributed by atoms with Crippen LogP contribution in [0.25, 0.3) is 0 Å². The van der Waals surface area contributed by atoms with Gasteiger partial charge in [-0.05, 0) is 6.07 Å². The third-order valence-electron chi connectivity index (χ3n) is 1.69. The number of para-hydroxylation sites is 1. The topological polar surface area (TPSA) is 96.0 Å². The lowest BCUT2D eigenvalue weighted by atomic mass is 10.2. The molecule has 0 aliphatic heterocycles. The van der Waals surface area contributed by atoms with Gasteiger partial charge in [-0.1, -0.05) is 17.7 Å². The van der Waals surface area contributed by atoms with Gasteiger partial charge in [-0.2, -0.15) is 5.26 Å². The van der Waals surface area contributed by atoms with Gasteiger partial charge < -0.3 is 5.32 Å². The number of nitrogens with zero attached hydrogens (tertiary/aromatic N) is 2. The molecule has 0 bridgehead atoms. The normalized spacial score (nSPS) is 9.25. The van der Waals surface area contributed by atoms with Crippen molar-refractivity contribution in [3.8, 4) is 6.07 Å². The zero-order chi connectivity index (χ0) is 12.1. The van der Waals surface area contributed by atoms with Crippen LogP contribution in [0.5, 0.6) is 0 Å². The number of nitrogens with one attached hydrogen (secondary N) is 1. The van der Waals surface area contributed by atoms with Crippen molar-refractivity contribution in [1.82, 2.24) is 0 Å². The third kappa shape index (κ3) is 2.68. The Morgan fingerprint density at radius 1 is 1.62 bits per heavy atom. The minimum Gasteiger partial charge on any atom is -0.318 e. The molecule has 16 heavy (non-hydrogen) atoms. The number of nitriles is 1. The number of halogens is 1. The van der Waals surface area contributed by atoms with Gasteiger partial charge in [0.15, 0.2) is 0 Å². The maximum absolute atomic E-state index is 11.1. The van der Waals surface area contributed by atoms with Crippen LogP contribution < -0.4 is 5.32 Å². The summed E-state index contributed by atoms with van der Waals surface area (Å²) in [4.78, 5) is 21.1. The maximum atomic E-state index is 11.1. The minimum absolute atomic E-state index is 0.0560. The van der Waals surface area contributed by atoms with E-state index in [0.29, 0.717) is 0 Å². The predicted molar refractivity (Wildman–Crippen MR) is 57.0 cm³/mol. The molecule has 0 unspecified atom stereocenters. The van der Waals surface area contributed by atoms with Gasteiger partial charge in [-0.25, -0.2) is 0 Å². The van der Waals surface area contributed by atoms with Crippen molar-refractivity contribution in [3.63, 3.8) is 0 Å². The lowest BCUT2D eigenvalue weighted by Crippen LogP contribution is -2.12. The quantitative estimate of drug-likeness (QED) is 0.645. The summed E-state index contributed by atoms with van der Waals surface area (Å²) in [5.74, 6) is -0.640. The van der Waals surface area contributed by atoms with Gasteiger partial charge in [0.1, 0.15) is 12.1 Å². The van der Waals surface area contributed by atoms with E-state index in [-0.39, 0.29) is 22.8 Å². The molecule has 1 N–H and O–H groups in total. The molecule has 1 amide bonds. The van der Waals surface area contributed by atoms with E-state index in [1.165, 1.54) is 18.2 Å². The Hall–Kier alpha value is -2.13. The highest BCUT2D eigenvalue weighted by Crippen LogP contribution is 2.31. The van der Waals surface area contributed by atoms with Crippen LogP contribution in [-0.4, -0.2) is 10.8 Å². The molecule has 7 heteroatoms. The molecule has 0 spiro atoms. The van der Waals surface area contributed by atoms with Crippen LogP contribution in [0.15, 0.2) is 18.2 Å². The summed E-state index contributed by atoms with van der Waals surface area (Å²) in [6, 6.07) is 5.66. The number of benzene rings is 1. The van der Waals surface area contributed by atoms with E-state index in [9.17, 15) is 14.9 Å². The molecular weight excluding hydrogens is 234 g/mol. The van der Waals surface area contributed by atoms with Gasteiger partial charge in [0.25, 0.3) is 5.69 Å². The Balaban J connectivity index is 3.07. The van der Waals surface area contributed by atoms with E-state index < -0.39 is 10.8 Å². The van der Waals surface area contributed by atoms with Gasteiger partial charge in [0, 0.05) is 6.07 Å². The second-order valence-corrected chi connectivity index (χ2v) is 3.18. The Kier molecular flexibility index (Phi) is 3.80. The van der Waals surface area contributed by atoms with E-state index in [1.54, 1.807) is 6.07 Å². The summed E-state index contributed by atoms with van der Waals surface area (Å²) >= 11 is 5.72. The zero-order valence-electron chi connectivity index (χ0n) is 7.94. The number of carbonyl (C=O) groups excluding carboxylic acids is 1. The maximum Gasteiger partial charge on any atom is 0.294 e. The van der Waals surface area contributed by atoms with Crippen molar-refractivity contribution in [2.45, 2.75) is 6.42 Å². The lowest BCUT2D eigenvalue weighted by molar-refractivity contribution is -0.383. The Morgan fingerprint density at radius 3 is 2.88 bits per heavy atom. The SMILES string of the molecule is N#CCC(=O)Nc1c(Cl)cccc1[N+](=O)[O-]. The average molecular weight is 240 g/mol. The van der Waals surface area contributed by atoms with Crippen molar-refractivity contribution in [1.29, 1.82) is 5.26 Å². The molecule has 0 heterocycles. The highest BCUT2D eigenvalue weighted by molar-refractivity contribution is 6.34. The predicted octanol–water partition coefficient (Wildman–Crippen LogP) is 2.10. The first-order valence-corrected chi connectivity index (χ1v) is 4.53. The second kappa shape index (κ2) is 5.09. The molecule has 0 saturated carbocycles. The fourth-order valence-corrected chi connectivity index (χ4v) is 1.26. The number of hydrogen-bond acceptors (Lipinski definition) is 4. The summed E-state index contributed by atoms with van der Waals surface area (Å²) < 4.78 is 0. The highest BCUT2D eigenvalue weighted by Gasteiger charge is 2.18. The van der Waals surface area contributed by atoms with Crippen LogP contribution in [0.4, 0.5) is 11.4 Å². The zero-order valence-corrected chi connectivity index (χ0v) is 8.69. The molecule has 1 aromatic carbocycles. The van der Waals surface area contributed by atoms with Crippen molar-refractivity contribution in [2.75, 3.05) is 5.32 Å². The van der Waals surface area contributed by atoms with Gasteiger partial charge in [0.05, 0.1) is 16.0 Å². The van der Waals surface area contributed by atoms with Crippen molar-refractivity contribution < 1.29 is 9.72 Å². The first kappa shape index (κ1) is 11.9. The number of carbonyl (C=O) groups is 1. The van der Waals surface area contributed by atoms with Crippen LogP contribution >= 0.6 is 11.6 Å². The minimum atomic E-state index is -0.659. The van der Waals surface area contributed by atoms with Crippen LogP contribution in [0, 0.1) is 21.4 Å². The van der Waals surface area contributed by atoms with E-state index in [4.69, 9.17) is 16.9 Å². The molecule has 82 valence electrons. The third-order valence-corrected chi connectivity index (χ3v) is 2.01. The number of rotatable bonds is 3. The van der Waals surface area contributed by atoms with E-state index in [0.717, 1.165) is 0 Å². The molecule has 6 nitrogen and oxygen atoms in total. The summed E-state index contributed by atoms with van der Waals surface area (Å²) in [5, 5.41) is 21.2. The fourth-order valence-electron chi connectivity index (χ4n) is 1.04. The molecule has 0 atom stereocenters. The number of nitro groups is 1. The van der Waals surface area contributed by atoms with E-state index in [1.807, 2.05) is 0 Å². The number of hydrogen-bond donors (Lipinski definition) is 1. The molecule has 0 aromatic heterocycles. The van der Waals surface area contributed by atoms with E-state index in [2.05, 4.69) is 5.32 Å². The molecule has 0 aliphatic carbocycles. The first-order chi connectivity index (χ1) is 7.56. The molecule has 1 aromatic rings. The largest absolute Gasteiger partial charge is 0.318 e. The summed E-state index contributed by atoms with van der Waals surface area (Å²) in [6.07, 6.45) is -0.387. The second-order valence-electron chi connectivity index (χ2n) is 2.77. The van der Waals surface area contributed by atoms with Gasteiger partial charge in [0.2, 0.25) is 5.91 Å². The Morgan fingerprint density at radius 2 is 2.31 bits per heavy atom. The molecule has 0 aliphatic rings. The average Bonchev–Trinajstić information content (AvgIpc) is 2.21. The monoisotopic (exact) mass is 239 g/mol. The van der Waals surface area contributed by atoms with Gasteiger partial charge >= 0.3 is 0 Å². The van der Waals surface area contributed by atoms with Gasteiger partial charge in [-0.15, -0.1) is 0 Å². The molecular formula is C9H6ClN3O3. The summed E-state index contributed by atoms with van der Waals surface area (Å²) in [5.41, 5.74) is -0.395. The Labute approximate surface area is 95.6 Å². The smallest absolute Gasteiger partial charge is 0.294 e. The molecule has 0 fully saturated rings. The van der Waals surface area contributed by atoms with Crippen molar-refractivity contribution in [2.24, 2.45) is 0 Å². The van der Waals surface area contributed by atoms with E-state index >= 15 is 0 Å². The molecule has 0 saturated heterocycles. The van der Waals surface area contributed by atoms with Crippen LogP contribution in [0.1, 0.15) is 6.42 Å². The number of nitro benzene ring substituents is 1. The summed E-state index contributed by atoms with van der Waals surface area (Å²) in [6.45, 7) is 0. The van der Waals surface area contributed by atoms with Crippen LogP contribution in [0.3, 0.4) is 0 Å².